The van der Waals surface area contributed by atoms with E-state index in [2.05, 4.69) is 10.3 Å². The van der Waals surface area contributed by atoms with Crippen molar-refractivity contribution in [1.82, 2.24) is 10.2 Å². The average molecular weight is 475 g/mol. The predicted molar refractivity (Wildman–Crippen MR) is 111 cm³/mol. The van der Waals surface area contributed by atoms with Crippen LogP contribution in [0.1, 0.15) is 24.2 Å². The van der Waals surface area contributed by atoms with Crippen LogP contribution in [0.5, 0.6) is 0 Å². The van der Waals surface area contributed by atoms with Crippen LogP contribution in [0.15, 0.2) is 53.5 Å². The van der Waals surface area contributed by atoms with Gasteiger partial charge in [-0.15, -0.1) is 24.0 Å². The Kier molecular flexibility index (Phi) is 9.50. The van der Waals surface area contributed by atoms with Crippen LogP contribution in [0, 0.1) is 11.6 Å². The first-order chi connectivity index (χ1) is 12.0. The summed E-state index contributed by atoms with van der Waals surface area (Å²) in [6.07, 6.45) is -0.822. The predicted octanol–water partition coefficient (Wildman–Crippen LogP) is 3.71. The zero-order chi connectivity index (χ0) is 18.2. The van der Waals surface area contributed by atoms with Crippen molar-refractivity contribution in [3.8, 4) is 0 Å². The van der Waals surface area contributed by atoms with Crippen molar-refractivity contribution >= 4 is 29.9 Å². The van der Waals surface area contributed by atoms with Crippen molar-refractivity contribution in [1.29, 1.82) is 0 Å². The summed E-state index contributed by atoms with van der Waals surface area (Å²) in [6.45, 7) is 3.23. The van der Waals surface area contributed by atoms with Crippen LogP contribution in [0.25, 0.3) is 0 Å². The molecule has 0 aliphatic carbocycles. The minimum atomic E-state index is -0.822. The van der Waals surface area contributed by atoms with Gasteiger partial charge in [-0.2, -0.15) is 0 Å². The molecule has 0 aliphatic rings. The number of guanidine groups is 1. The first-order valence-electron chi connectivity index (χ1n) is 8.17. The lowest BCUT2D eigenvalue weighted by Crippen LogP contribution is -2.38. The first-order valence-corrected chi connectivity index (χ1v) is 8.17. The molecular formula is C19H24F2IN3O. The number of hydrogen-bond acceptors (Lipinski definition) is 2. The Hall–Kier alpha value is -1.74. The van der Waals surface area contributed by atoms with Gasteiger partial charge in [-0.3, -0.25) is 4.99 Å². The van der Waals surface area contributed by atoms with Gasteiger partial charge in [0, 0.05) is 20.1 Å². The van der Waals surface area contributed by atoms with Crippen molar-refractivity contribution in [3.05, 3.63) is 71.3 Å². The lowest BCUT2D eigenvalue weighted by molar-refractivity contribution is 0.186. The minimum Gasteiger partial charge on any atom is -0.386 e. The number of aliphatic hydroxyl groups excluding tert-OH is 1. The molecule has 26 heavy (non-hydrogen) atoms. The maximum absolute atomic E-state index is 13.3. The monoisotopic (exact) mass is 475 g/mol. The second-order valence-corrected chi connectivity index (χ2v) is 5.75. The van der Waals surface area contributed by atoms with E-state index in [0.29, 0.717) is 24.6 Å². The largest absolute Gasteiger partial charge is 0.386 e. The third-order valence-corrected chi connectivity index (χ3v) is 3.67. The molecule has 2 aromatic rings. The summed E-state index contributed by atoms with van der Waals surface area (Å²) < 4.78 is 26.3. The number of nitrogens with one attached hydrogen (secondary N) is 1. The number of benzene rings is 2. The second kappa shape index (κ2) is 11.1. The fourth-order valence-corrected chi connectivity index (χ4v) is 2.42. The van der Waals surface area contributed by atoms with E-state index in [4.69, 9.17) is 0 Å². The van der Waals surface area contributed by atoms with Gasteiger partial charge < -0.3 is 15.3 Å². The molecule has 0 bridgehead atoms. The Balaban J connectivity index is 0.00000338. The van der Waals surface area contributed by atoms with Gasteiger partial charge in [-0.1, -0.05) is 24.3 Å². The SMILES string of the molecule is CCNC(=NCC(O)c1ccc(F)cc1)N(C)Cc1cccc(F)c1.I. The van der Waals surface area contributed by atoms with Gasteiger partial charge in [0.1, 0.15) is 11.6 Å². The van der Waals surface area contributed by atoms with Crippen molar-refractivity contribution in [3.63, 3.8) is 0 Å². The summed E-state index contributed by atoms with van der Waals surface area (Å²) >= 11 is 0. The lowest BCUT2D eigenvalue weighted by atomic mass is 10.1. The Labute approximate surface area is 170 Å². The van der Waals surface area contributed by atoms with Crippen LogP contribution in [-0.4, -0.2) is 36.1 Å². The van der Waals surface area contributed by atoms with E-state index >= 15 is 0 Å². The van der Waals surface area contributed by atoms with E-state index in [0.717, 1.165) is 5.56 Å². The highest BCUT2D eigenvalue weighted by atomic mass is 127. The van der Waals surface area contributed by atoms with Gasteiger partial charge in [0.15, 0.2) is 5.96 Å². The normalized spacial score (nSPS) is 12.3. The minimum absolute atomic E-state index is 0. The van der Waals surface area contributed by atoms with Gasteiger partial charge in [0.25, 0.3) is 0 Å². The molecule has 0 fully saturated rings. The molecule has 7 heteroatoms. The summed E-state index contributed by atoms with van der Waals surface area (Å²) in [5.74, 6) is -0.0184. The quantitative estimate of drug-likeness (QED) is 0.381. The van der Waals surface area contributed by atoms with Gasteiger partial charge in [0.2, 0.25) is 0 Å². The van der Waals surface area contributed by atoms with Gasteiger partial charge in [0.05, 0.1) is 12.6 Å². The molecule has 1 atom stereocenters. The molecule has 0 aliphatic heterocycles. The Morgan fingerprint density at radius 2 is 1.85 bits per heavy atom. The van der Waals surface area contributed by atoms with Crippen molar-refractivity contribution in [2.24, 2.45) is 4.99 Å². The molecule has 2 N–H and O–H groups in total. The number of aliphatic imine (C=N–C) groups is 1. The molecule has 142 valence electrons. The number of rotatable bonds is 6. The highest BCUT2D eigenvalue weighted by molar-refractivity contribution is 14.0. The molecule has 0 saturated carbocycles. The molecule has 0 spiro atoms. The Morgan fingerprint density at radius 1 is 1.15 bits per heavy atom. The first kappa shape index (κ1) is 22.3. The summed E-state index contributed by atoms with van der Waals surface area (Å²) in [7, 11) is 1.84. The highest BCUT2D eigenvalue weighted by Gasteiger charge is 2.11. The second-order valence-electron chi connectivity index (χ2n) is 5.75. The van der Waals surface area contributed by atoms with Crippen LogP contribution in [0.3, 0.4) is 0 Å². The molecule has 4 nitrogen and oxygen atoms in total. The molecule has 2 aromatic carbocycles. The fourth-order valence-electron chi connectivity index (χ4n) is 2.42. The molecule has 0 saturated heterocycles. The summed E-state index contributed by atoms with van der Waals surface area (Å²) in [6, 6.07) is 12.1. The number of halogens is 3. The summed E-state index contributed by atoms with van der Waals surface area (Å²) in [5.41, 5.74) is 1.43. The van der Waals surface area contributed by atoms with Gasteiger partial charge >= 0.3 is 0 Å². The maximum atomic E-state index is 13.3. The maximum Gasteiger partial charge on any atom is 0.194 e. The Bertz CT molecular complexity index is 710. The van der Waals surface area contributed by atoms with E-state index in [1.54, 1.807) is 18.2 Å². The average Bonchev–Trinajstić information content (AvgIpc) is 2.59. The zero-order valence-corrected chi connectivity index (χ0v) is 17.2. The summed E-state index contributed by atoms with van der Waals surface area (Å²) in [4.78, 5) is 6.28. The fraction of sp³-hybridized carbons (Fsp3) is 0.316. The van der Waals surface area contributed by atoms with Crippen LogP contribution in [0.2, 0.25) is 0 Å². The third-order valence-electron chi connectivity index (χ3n) is 3.67. The molecule has 0 heterocycles. The van der Waals surface area contributed by atoms with Crippen LogP contribution < -0.4 is 5.32 Å². The van der Waals surface area contributed by atoms with Crippen LogP contribution >= 0.6 is 24.0 Å². The van der Waals surface area contributed by atoms with E-state index in [9.17, 15) is 13.9 Å². The van der Waals surface area contributed by atoms with Crippen LogP contribution in [-0.2, 0) is 6.54 Å². The molecule has 2 rings (SSSR count). The van der Waals surface area contributed by atoms with Crippen molar-refractivity contribution < 1.29 is 13.9 Å². The molecular weight excluding hydrogens is 451 g/mol. The standard InChI is InChI=1S/C19H23F2N3O.HI/c1-3-22-19(24(2)13-14-5-4-6-17(21)11-14)23-12-18(25)15-7-9-16(20)10-8-15;/h4-11,18,25H,3,12-13H2,1-2H3,(H,22,23);1H. The lowest BCUT2D eigenvalue weighted by Gasteiger charge is -2.22. The van der Waals surface area contributed by atoms with E-state index in [1.807, 2.05) is 24.9 Å². The smallest absolute Gasteiger partial charge is 0.194 e. The molecule has 0 amide bonds. The van der Waals surface area contributed by atoms with Gasteiger partial charge in [-0.05, 0) is 42.3 Å². The number of nitrogens with zero attached hydrogens (tertiary/aromatic N) is 2. The summed E-state index contributed by atoms with van der Waals surface area (Å²) in [5, 5.41) is 13.4. The Morgan fingerprint density at radius 3 is 2.46 bits per heavy atom. The van der Waals surface area contributed by atoms with E-state index in [-0.39, 0.29) is 42.2 Å². The number of aliphatic hydroxyl groups is 1. The molecule has 0 radical (unpaired) electrons. The molecule has 1 unspecified atom stereocenters. The highest BCUT2D eigenvalue weighted by Crippen LogP contribution is 2.14. The molecule has 0 aromatic heterocycles. The third kappa shape index (κ3) is 6.87. The van der Waals surface area contributed by atoms with E-state index < -0.39 is 6.10 Å². The van der Waals surface area contributed by atoms with E-state index in [1.165, 1.54) is 24.3 Å². The number of hydrogen-bond donors (Lipinski definition) is 2. The van der Waals surface area contributed by atoms with Crippen molar-refractivity contribution in [2.45, 2.75) is 19.6 Å². The van der Waals surface area contributed by atoms with Crippen LogP contribution in [0.4, 0.5) is 8.78 Å². The topological polar surface area (TPSA) is 47.9 Å². The zero-order valence-electron chi connectivity index (χ0n) is 14.8. The van der Waals surface area contributed by atoms with Crippen molar-refractivity contribution in [2.75, 3.05) is 20.1 Å². The van der Waals surface area contributed by atoms with Gasteiger partial charge in [-0.25, -0.2) is 8.78 Å².